The predicted octanol–water partition coefficient (Wildman–Crippen LogP) is 4.32. The number of fused-ring (bicyclic) bond motifs is 2. The fourth-order valence-electron chi connectivity index (χ4n) is 5.35. The zero-order chi connectivity index (χ0) is 27.5. The number of anilines is 1. The van der Waals surface area contributed by atoms with Gasteiger partial charge < -0.3 is 20.5 Å². The monoisotopic (exact) mass is 527 g/mol. The number of carboxylic acid groups (broad SMARTS) is 1. The molecule has 0 saturated carbocycles. The van der Waals surface area contributed by atoms with Crippen LogP contribution in [0.25, 0.3) is 0 Å². The van der Waals surface area contributed by atoms with E-state index >= 15 is 0 Å². The molecule has 0 radical (unpaired) electrons. The molecular weight excluding hydrogens is 498 g/mol. The minimum atomic E-state index is -1.18. The number of ether oxygens (including phenoxy) is 1. The molecule has 39 heavy (non-hydrogen) atoms. The van der Waals surface area contributed by atoms with Crippen molar-refractivity contribution >= 4 is 29.6 Å². The average molecular weight is 528 g/mol. The number of nitrogens with zero attached hydrogens (tertiary/aromatic N) is 1. The number of nitrogens with one attached hydrogen (secondary N) is 2. The quantitative estimate of drug-likeness (QED) is 0.425. The Morgan fingerprint density at radius 2 is 1.67 bits per heavy atom. The molecule has 0 saturated heterocycles. The summed E-state index contributed by atoms with van der Waals surface area (Å²) in [6.07, 6.45) is 1.81. The van der Waals surface area contributed by atoms with Crippen LogP contribution in [0, 0.1) is 0 Å². The van der Waals surface area contributed by atoms with Crippen LogP contribution in [0.15, 0.2) is 66.7 Å². The molecule has 3 aromatic carbocycles. The number of benzene rings is 3. The molecule has 3 amide bonds. The Labute approximate surface area is 225 Å². The molecule has 5 rings (SSSR count). The van der Waals surface area contributed by atoms with E-state index in [1.54, 1.807) is 12.1 Å². The molecule has 2 atom stereocenters. The summed E-state index contributed by atoms with van der Waals surface area (Å²) >= 11 is 0. The molecule has 200 valence electrons. The normalized spacial score (nSPS) is 17.8. The molecule has 9 heteroatoms. The minimum absolute atomic E-state index is 0.0293. The summed E-state index contributed by atoms with van der Waals surface area (Å²) in [4.78, 5) is 51.0. The maximum atomic E-state index is 13.4. The fraction of sp³-hybridized carbons (Fsp3) is 0.267. The Morgan fingerprint density at radius 1 is 0.923 bits per heavy atom. The first kappa shape index (κ1) is 26.0. The van der Waals surface area contributed by atoms with E-state index in [9.17, 15) is 24.3 Å². The minimum Gasteiger partial charge on any atom is -0.465 e. The SMILES string of the molecule is COC(=O)c1ccc(C(=O)Nc2ccc3c(c2)CN(C(=O)O)C(C(=O)N[C@@H]2CCCc4ccccc42)C3)cc1. The molecule has 1 unspecified atom stereocenters. The highest BCUT2D eigenvalue weighted by molar-refractivity contribution is 6.05. The molecule has 1 heterocycles. The zero-order valence-corrected chi connectivity index (χ0v) is 21.5. The maximum absolute atomic E-state index is 13.4. The van der Waals surface area contributed by atoms with Gasteiger partial charge in [-0.2, -0.15) is 0 Å². The molecule has 0 fully saturated rings. The van der Waals surface area contributed by atoms with E-state index in [-0.39, 0.29) is 30.8 Å². The van der Waals surface area contributed by atoms with E-state index in [0.717, 1.165) is 40.9 Å². The molecule has 0 aromatic heterocycles. The summed E-state index contributed by atoms with van der Waals surface area (Å²) in [7, 11) is 1.29. The van der Waals surface area contributed by atoms with Crippen LogP contribution < -0.4 is 10.6 Å². The summed E-state index contributed by atoms with van der Waals surface area (Å²) < 4.78 is 4.67. The first-order valence-electron chi connectivity index (χ1n) is 12.8. The lowest BCUT2D eigenvalue weighted by Crippen LogP contribution is -2.53. The van der Waals surface area contributed by atoms with Crippen LogP contribution in [-0.4, -0.2) is 47.0 Å². The predicted molar refractivity (Wildman–Crippen MR) is 144 cm³/mol. The maximum Gasteiger partial charge on any atom is 0.408 e. The molecule has 0 spiro atoms. The Bertz CT molecular complexity index is 1430. The van der Waals surface area contributed by atoms with E-state index in [0.29, 0.717) is 16.8 Å². The number of aryl methyl sites for hydroxylation is 1. The Morgan fingerprint density at radius 3 is 2.41 bits per heavy atom. The Balaban J connectivity index is 1.30. The van der Waals surface area contributed by atoms with E-state index in [2.05, 4.69) is 21.4 Å². The van der Waals surface area contributed by atoms with Crippen molar-refractivity contribution in [3.63, 3.8) is 0 Å². The second-order valence-corrected chi connectivity index (χ2v) is 9.79. The average Bonchev–Trinajstić information content (AvgIpc) is 2.96. The van der Waals surface area contributed by atoms with Crippen molar-refractivity contribution in [1.82, 2.24) is 10.2 Å². The Hall–Kier alpha value is -4.66. The van der Waals surface area contributed by atoms with Gasteiger partial charge in [-0.3, -0.25) is 14.5 Å². The van der Waals surface area contributed by atoms with Crippen molar-refractivity contribution in [2.75, 3.05) is 12.4 Å². The standard InChI is InChI=1S/C30H29N3O6/c1-39-29(36)20-11-9-19(10-12-20)27(34)31-23-14-13-21-16-26(33(30(37)38)17-22(21)15-23)28(35)32-25-8-4-6-18-5-2-3-7-24(18)25/h2-3,5,7,9-15,25-26H,4,6,8,16-17H2,1H3,(H,31,34)(H,32,35)(H,37,38)/t25-,26?/m1/s1. The van der Waals surface area contributed by atoms with Crippen LogP contribution in [0.1, 0.15) is 61.9 Å². The van der Waals surface area contributed by atoms with Gasteiger partial charge >= 0.3 is 12.1 Å². The highest BCUT2D eigenvalue weighted by atomic mass is 16.5. The first-order chi connectivity index (χ1) is 18.8. The van der Waals surface area contributed by atoms with Gasteiger partial charge in [0.15, 0.2) is 0 Å². The molecule has 3 aromatic rings. The number of carbonyl (C=O) groups excluding carboxylic acids is 3. The lowest BCUT2D eigenvalue weighted by molar-refractivity contribution is -0.127. The highest BCUT2D eigenvalue weighted by Gasteiger charge is 2.36. The topological polar surface area (TPSA) is 125 Å². The molecule has 0 bridgehead atoms. The number of hydrogen-bond donors (Lipinski definition) is 3. The highest BCUT2D eigenvalue weighted by Crippen LogP contribution is 2.31. The van der Waals surface area contributed by atoms with Gasteiger partial charge in [-0.05, 0) is 77.9 Å². The smallest absolute Gasteiger partial charge is 0.408 e. The van der Waals surface area contributed by atoms with E-state index in [4.69, 9.17) is 0 Å². The number of carbonyl (C=O) groups is 4. The Kier molecular flexibility index (Phi) is 7.31. The van der Waals surface area contributed by atoms with Crippen LogP contribution in [0.5, 0.6) is 0 Å². The van der Waals surface area contributed by atoms with Gasteiger partial charge in [0.05, 0.1) is 25.3 Å². The number of hydrogen-bond acceptors (Lipinski definition) is 5. The van der Waals surface area contributed by atoms with Gasteiger partial charge in [0, 0.05) is 17.7 Å². The van der Waals surface area contributed by atoms with Gasteiger partial charge in [0.1, 0.15) is 6.04 Å². The number of amides is 3. The summed E-state index contributed by atoms with van der Waals surface area (Å²) in [6, 6.07) is 18.4. The van der Waals surface area contributed by atoms with Gasteiger partial charge in [0.2, 0.25) is 5.91 Å². The zero-order valence-electron chi connectivity index (χ0n) is 21.5. The molecular formula is C30H29N3O6. The number of esters is 1. The summed E-state index contributed by atoms with van der Waals surface area (Å²) in [5.41, 5.74) is 5.09. The van der Waals surface area contributed by atoms with Crippen molar-refractivity contribution in [2.45, 2.75) is 44.3 Å². The molecule has 1 aliphatic heterocycles. The van der Waals surface area contributed by atoms with E-state index in [1.807, 2.05) is 24.3 Å². The second-order valence-electron chi connectivity index (χ2n) is 9.79. The van der Waals surface area contributed by atoms with Crippen molar-refractivity contribution in [2.24, 2.45) is 0 Å². The van der Waals surface area contributed by atoms with Crippen LogP contribution in [0.3, 0.4) is 0 Å². The third-order valence-electron chi connectivity index (χ3n) is 7.40. The molecule has 2 aliphatic rings. The largest absolute Gasteiger partial charge is 0.465 e. The van der Waals surface area contributed by atoms with Crippen LogP contribution in [0.2, 0.25) is 0 Å². The second kappa shape index (κ2) is 11.0. The summed E-state index contributed by atoms with van der Waals surface area (Å²) in [5, 5.41) is 15.8. The number of rotatable bonds is 5. The first-order valence-corrected chi connectivity index (χ1v) is 12.8. The molecule has 9 nitrogen and oxygen atoms in total. The van der Waals surface area contributed by atoms with Crippen molar-refractivity contribution in [3.05, 3.63) is 100 Å². The van der Waals surface area contributed by atoms with E-state index < -0.39 is 18.1 Å². The summed E-state index contributed by atoms with van der Waals surface area (Å²) in [5.74, 6) is -1.17. The van der Waals surface area contributed by atoms with Gasteiger partial charge in [0.25, 0.3) is 5.91 Å². The molecule has 3 N–H and O–H groups in total. The lowest BCUT2D eigenvalue weighted by Gasteiger charge is -2.36. The summed E-state index contributed by atoms with van der Waals surface area (Å²) in [6.45, 7) is 0.0293. The third-order valence-corrected chi connectivity index (χ3v) is 7.40. The van der Waals surface area contributed by atoms with Crippen LogP contribution in [-0.2, 0) is 28.9 Å². The van der Waals surface area contributed by atoms with Gasteiger partial charge in [-0.25, -0.2) is 9.59 Å². The van der Waals surface area contributed by atoms with Crippen molar-refractivity contribution in [1.29, 1.82) is 0 Å². The van der Waals surface area contributed by atoms with Crippen LogP contribution in [0.4, 0.5) is 10.5 Å². The van der Waals surface area contributed by atoms with Gasteiger partial charge in [-0.1, -0.05) is 30.3 Å². The van der Waals surface area contributed by atoms with Crippen LogP contribution >= 0.6 is 0 Å². The van der Waals surface area contributed by atoms with Crippen molar-refractivity contribution < 1.29 is 29.0 Å². The fourth-order valence-corrected chi connectivity index (χ4v) is 5.35. The number of methoxy groups -OCH3 is 1. The van der Waals surface area contributed by atoms with Crippen molar-refractivity contribution in [3.8, 4) is 0 Å². The third kappa shape index (κ3) is 5.47. The van der Waals surface area contributed by atoms with Gasteiger partial charge in [-0.15, -0.1) is 0 Å². The van der Waals surface area contributed by atoms with E-state index in [1.165, 1.54) is 36.9 Å². The lowest BCUT2D eigenvalue weighted by atomic mass is 9.87. The molecule has 1 aliphatic carbocycles.